The molecule has 0 aliphatic rings. The molecule has 0 saturated heterocycles. The Hall–Kier alpha value is -2.81. The SMILES string of the molecule is CC(C)n1cnc2c(Nc3cncnc3)nc(NC(C)(C)CO)nc21. The van der Waals surface area contributed by atoms with Gasteiger partial charge in [-0.3, -0.25) is 0 Å². The van der Waals surface area contributed by atoms with Crippen molar-refractivity contribution in [2.24, 2.45) is 0 Å². The highest BCUT2D eigenvalue weighted by molar-refractivity contribution is 5.86. The lowest BCUT2D eigenvalue weighted by molar-refractivity contribution is 0.233. The van der Waals surface area contributed by atoms with E-state index in [4.69, 9.17) is 0 Å². The standard InChI is InChI=1S/C16H22N8O/c1-10(2)24-9-19-12-13(20-11-5-17-8-18-6-11)21-15(22-14(12)24)23-16(3,4)7-25/h5-6,8-10,25H,7H2,1-4H3,(H2,20,21,22,23). The Kier molecular flexibility index (Phi) is 4.49. The van der Waals surface area contributed by atoms with Crippen molar-refractivity contribution in [1.29, 1.82) is 0 Å². The van der Waals surface area contributed by atoms with E-state index in [2.05, 4.69) is 49.4 Å². The van der Waals surface area contributed by atoms with Crippen LogP contribution in [0.1, 0.15) is 33.7 Å². The predicted octanol–water partition coefficient (Wildman–Crippen LogP) is 2.12. The van der Waals surface area contributed by atoms with Crippen LogP contribution in [0.2, 0.25) is 0 Å². The third kappa shape index (κ3) is 3.66. The van der Waals surface area contributed by atoms with Gasteiger partial charge < -0.3 is 20.3 Å². The second-order valence-corrected chi connectivity index (χ2v) is 6.73. The van der Waals surface area contributed by atoms with Crippen LogP contribution in [0.15, 0.2) is 25.0 Å². The van der Waals surface area contributed by atoms with E-state index >= 15 is 0 Å². The van der Waals surface area contributed by atoms with Gasteiger partial charge in [0.1, 0.15) is 6.33 Å². The molecule has 9 heteroatoms. The van der Waals surface area contributed by atoms with Crippen LogP contribution in [-0.4, -0.2) is 46.7 Å². The Bertz CT molecular complexity index is 859. The van der Waals surface area contributed by atoms with Gasteiger partial charge in [-0.05, 0) is 27.7 Å². The minimum atomic E-state index is -0.552. The van der Waals surface area contributed by atoms with Crippen LogP contribution < -0.4 is 10.6 Å². The van der Waals surface area contributed by atoms with Crippen molar-refractivity contribution in [3.05, 3.63) is 25.0 Å². The molecule has 25 heavy (non-hydrogen) atoms. The zero-order valence-corrected chi connectivity index (χ0v) is 14.7. The topological polar surface area (TPSA) is 114 Å². The molecule has 0 radical (unpaired) electrons. The highest BCUT2D eigenvalue weighted by Crippen LogP contribution is 2.26. The Balaban J connectivity index is 2.10. The molecule has 0 saturated carbocycles. The van der Waals surface area contributed by atoms with E-state index in [1.54, 1.807) is 18.7 Å². The summed E-state index contributed by atoms with van der Waals surface area (Å²) in [7, 11) is 0. The maximum Gasteiger partial charge on any atom is 0.227 e. The van der Waals surface area contributed by atoms with Gasteiger partial charge >= 0.3 is 0 Å². The molecule has 3 heterocycles. The molecule has 0 aliphatic heterocycles. The van der Waals surface area contributed by atoms with Crippen LogP contribution in [0.5, 0.6) is 0 Å². The van der Waals surface area contributed by atoms with Crippen LogP contribution in [0.4, 0.5) is 17.5 Å². The quantitative estimate of drug-likeness (QED) is 0.624. The van der Waals surface area contributed by atoms with E-state index in [1.807, 2.05) is 18.4 Å². The average molecular weight is 342 g/mol. The highest BCUT2D eigenvalue weighted by atomic mass is 16.3. The summed E-state index contributed by atoms with van der Waals surface area (Å²) in [5.74, 6) is 0.962. The number of aromatic nitrogens is 6. The molecule has 0 aliphatic carbocycles. The Labute approximate surface area is 145 Å². The third-order valence-electron chi connectivity index (χ3n) is 3.65. The van der Waals surface area contributed by atoms with Crippen molar-refractivity contribution in [2.75, 3.05) is 17.2 Å². The summed E-state index contributed by atoms with van der Waals surface area (Å²) in [5.41, 5.74) is 1.52. The van der Waals surface area contributed by atoms with Crippen LogP contribution in [-0.2, 0) is 0 Å². The summed E-state index contributed by atoms with van der Waals surface area (Å²) in [6, 6.07) is 0.200. The Morgan fingerprint density at radius 3 is 2.56 bits per heavy atom. The number of aliphatic hydroxyl groups is 1. The van der Waals surface area contributed by atoms with E-state index in [0.29, 0.717) is 28.6 Å². The predicted molar refractivity (Wildman–Crippen MR) is 95.8 cm³/mol. The maximum atomic E-state index is 9.51. The zero-order valence-electron chi connectivity index (χ0n) is 14.7. The molecule has 0 amide bonds. The molecule has 3 rings (SSSR count). The monoisotopic (exact) mass is 342 g/mol. The number of imidazole rings is 1. The van der Waals surface area contributed by atoms with Crippen molar-refractivity contribution in [2.45, 2.75) is 39.3 Å². The molecule has 3 aromatic rings. The summed E-state index contributed by atoms with van der Waals surface area (Å²) in [4.78, 5) is 21.6. The minimum absolute atomic E-state index is 0.0485. The lowest BCUT2D eigenvalue weighted by Gasteiger charge is -2.23. The van der Waals surface area contributed by atoms with E-state index < -0.39 is 5.54 Å². The molecule has 0 atom stereocenters. The number of nitrogens with one attached hydrogen (secondary N) is 2. The molecular weight excluding hydrogens is 320 g/mol. The van der Waals surface area contributed by atoms with Gasteiger partial charge in [-0.25, -0.2) is 15.0 Å². The van der Waals surface area contributed by atoms with Crippen molar-refractivity contribution >= 4 is 28.6 Å². The normalized spacial score (nSPS) is 11.9. The second-order valence-electron chi connectivity index (χ2n) is 6.73. The van der Waals surface area contributed by atoms with Gasteiger partial charge in [0.25, 0.3) is 0 Å². The number of hydrogen-bond donors (Lipinski definition) is 3. The van der Waals surface area contributed by atoms with Gasteiger partial charge in [0, 0.05) is 6.04 Å². The van der Waals surface area contributed by atoms with Gasteiger partial charge in [-0.2, -0.15) is 9.97 Å². The fourth-order valence-electron chi connectivity index (χ4n) is 2.28. The first kappa shape index (κ1) is 17.0. The van der Waals surface area contributed by atoms with Crippen LogP contribution >= 0.6 is 0 Å². The van der Waals surface area contributed by atoms with Crippen molar-refractivity contribution in [3.63, 3.8) is 0 Å². The smallest absolute Gasteiger partial charge is 0.227 e. The fraction of sp³-hybridized carbons (Fsp3) is 0.438. The lowest BCUT2D eigenvalue weighted by atomic mass is 10.1. The molecule has 0 spiro atoms. The average Bonchev–Trinajstić information content (AvgIpc) is 3.00. The molecule has 0 aromatic carbocycles. The van der Waals surface area contributed by atoms with Gasteiger partial charge in [0.2, 0.25) is 5.95 Å². The number of anilines is 3. The van der Waals surface area contributed by atoms with E-state index in [9.17, 15) is 5.11 Å². The van der Waals surface area contributed by atoms with Crippen LogP contribution in [0.3, 0.4) is 0 Å². The van der Waals surface area contributed by atoms with Crippen LogP contribution in [0, 0.1) is 0 Å². The fourth-order valence-corrected chi connectivity index (χ4v) is 2.28. The minimum Gasteiger partial charge on any atom is -0.394 e. The van der Waals surface area contributed by atoms with Crippen LogP contribution in [0.25, 0.3) is 11.2 Å². The zero-order chi connectivity index (χ0) is 18.0. The summed E-state index contributed by atoms with van der Waals surface area (Å²) in [6.45, 7) is 7.82. The van der Waals surface area contributed by atoms with Gasteiger partial charge in [0.15, 0.2) is 17.0 Å². The van der Waals surface area contributed by atoms with Gasteiger partial charge in [0.05, 0.1) is 36.6 Å². The number of nitrogens with zero attached hydrogens (tertiary/aromatic N) is 6. The summed E-state index contributed by atoms with van der Waals surface area (Å²) in [6.07, 6.45) is 6.53. The van der Waals surface area contributed by atoms with E-state index in [1.165, 1.54) is 6.33 Å². The van der Waals surface area contributed by atoms with Gasteiger partial charge in [-0.15, -0.1) is 0 Å². The Morgan fingerprint density at radius 1 is 1.20 bits per heavy atom. The summed E-state index contributed by atoms with van der Waals surface area (Å²) >= 11 is 0. The summed E-state index contributed by atoms with van der Waals surface area (Å²) in [5, 5.41) is 15.9. The lowest BCUT2D eigenvalue weighted by Crippen LogP contribution is -2.35. The number of hydrogen-bond acceptors (Lipinski definition) is 8. The van der Waals surface area contributed by atoms with Crippen molar-refractivity contribution in [3.8, 4) is 0 Å². The van der Waals surface area contributed by atoms with E-state index in [0.717, 1.165) is 0 Å². The summed E-state index contributed by atoms with van der Waals surface area (Å²) < 4.78 is 1.97. The third-order valence-corrected chi connectivity index (χ3v) is 3.65. The first-order valence-electron chi connectivity index (χ1n) is 8.05. The molecule has 132 valence electrons. The number of fused-ring (bicyclic) bond motifs is 1. The maximum absolute atomic E-state index is 9.51. The molecule has 3 aromatic heterocycles. The number of aliphatic hydroxyl groups excluding tert-OH is 1. The van der Waals surface area contributed by atoms with Crippen molar-refractivity contribution < 1.29 is 5.11 Å². The largest absolute Gasteiger partial charge is 0.394 e. The first-order chi connectivity index (χ1) is 11.9. The molecule has 0 bridgehead atoms. The molecular formula is C16H22N8O. The highest BCUT2D eigenvalue weighted by Gasteiger charge is 2.20. The number of rotatable bonds is 6. The molecule has 0 fully saturated rings. The molecule has 0 unspecified atom stereocenters. The Morgan fingerprint density at radius 2 is 1.92 bits per heavy atom. The molecule has 9 nitrogen and oxygen atoms in total. The van der Waals surface area contributed by atoms with Crippen molar-refractivity contribution in [1.82, 2.24) is 29.5 Å². The van der Waals surface area contributed by atoms with Gasteiger partial charge in [-0.1, -0.05) is 0 Å². The molecule has 3 N–H and O–H groups in total. The first-order valence-corrected chi connectivity index (χ1v) is 8.05. The van der Waals surface area contributed by atoms with E-state index in [-0.39, 0.29) is 12.6 Å². The second kappa shape index (κ2) is 6.60.